The minimum Gasteiger partial charge on any atom is -0.227 e. The van der Waals surface area contributed by atoms with Gasteiger partial charge >= 0.3 is 0 Å². The summed E-state index contributed by atoms with van der Waals surface area (Å²) in [6, 6.07) is -0.0208. The first-order chi connectivity index (χ1) is 3.85. The molecule has 0 aliphatic rings. The maximum absolute atomic E-state index is 5.06. The van der Waals surface area contributed by atoms with Crippen LogP contribution in [0.1, 0.15) is 13.3 Å². The van der Waals surface area contributed by atoms with Crippen LogP contribution < -0.4 is 0 Å². The van der Waals surface area contributed by atoms with Crippen molar-refractivity contribution in [3.05, 3.63) is 6.58 Å². The fraction of sp³-hybridized carbons (Fsp3) is 0.429. The molecule has 1 heteroatoms. The Morgan fingerprint density at radius 3 is 2.62 bits per heavy atom. The molecule has 0 spiro atoms. The van der Waals surface area contributed by atoms with E-state index in [-0.39, 0.29) is 6.04 Å². The lowest BCUT2D eigenvalue weighted by Crippen LogP contribution is -1.95. The van der Waals surface area contributed by atoms with E-state index < -0.39 is 0 Å². The number of hydrogen-bond acceptors (Lipinski definition) is 1. The number of nitrogens with zero attached hydrogens (tertiary/aromatic N) is 1. The van der Waals surface area contributed by atoms with Crippen molar-refractivity contribution in [2.24, 2.45) is 4.99 Å². The average Bonchev–Trinajstić information content (AvgIpc) is 1.83. The van der Waals surface area contributed by atoms with Gasteiger partial charge in [-0.05, 0) is 18.9 Å². The maximum Gasteiger partial charge on any atom is 0.119 e. The first-order valence-corrected chi connectivity index (χ1v) is 2.53. The summed E-state index contributed by atoms with van der Waals surface area (Å²) in [7, 11) is 0. The van der Waals surface area contributed by atoms with E-state index in [0.717, 1.165) is 6.42 Å². The van der Waals surface area contributed by atoms with Gasteiger partial charge in [0.15, 0.2) is 0 Å². The van der Waals surface area contributed by atoms with Crippen LogP contribution in [0.15, 0.2) is 11.6 Å². The van der Waals surface area contributed by atoms with E-state index in [2.05, 4.69) is 23.4 Å². The van der Waals surface area contributed by atoms with Crippen molar-refractivity contribution >= 4 is 5.87 Å². The monoisotopic (exact) mass is 107 g/mol. The molecule has 0 saturated carbocycles. The number of rotatable bonds is 2. The van der Waals surface area contributed by atoms with Gasteiger partial charge in [0.25, 0.3) is 0 Å². The van der Waals surface area contributed by atoms with E-state index in [4.69, 9.17) is 6.42 Å². The molecule has 0 aliphatic carbocycles. The van der Waals surface area contributed by atoms with E-state index in [9.17, 15) is 0 Å². The molecule has 0 heterocycles. The maximum atomic E-state index is 5.06. The Hall–Kier alpha value is -0.990. The molecule has 0 amide bonds. The second-order valence-electron chi connectivity index (χ2n) is 1.38. The minimum atomic E-state index is -0.0208. The van der Waals surface area contributed by atoms with Gasteiger partial charge in [0.2, 0.25) is 0 Å². The third-order valence-electron chi connectivity index (χ3n) is 0.826. The molecule has 1 atom stereocenters. The Bertz CT molecular complexity index is 135. The van der Waals surface area contributed by atoms with Crippen molar-refractivity contribution in [1.82, 2.24) is 0 Å². The Kier molecular flexibility index (Phi) is 3.66. The molecule has 0 aliphatic heterocycles. The Morgan fingerprint density at radius 1 is 1.88 bits per heavy atom. The molecule has 42 valence electrons. The van der Waals surface area contributed by atoms with Crippen LogP contribution in [0.3, 0.4) is 0 Å². The molecule has 1 nitrogen and oxygen atoms in total. The lowest BCUT2D eigenvalue weighted by molar-refractivity contribution is 0.814. The van der Waals surface area contributed by atoms with Crippen molar-refractivity contribution < 1.29 is 0 Å². The van der Waals surface area contributed by atoms with E-state index >= 15 is 0 Å². The topological polar surface area (TPSA) is 12.4 Å². The lowest BCUT2D eigenvalue weighted by atomic mass is 10.2. The summed E-state index contributed by atoms with van der Waals surface area (Å²) in [4.78, 5) is 3.76. The van der Waals surface area contributed by atoms with Crippen molar-refractivity contribution in [3.63, 3.8) is 0 Å². The van der Waals surface area contributed by atoms with Crippen LogP contribution in [0.2, 0.25) is 0 Å². The van der Waals surface area contributed by atoms with Gasteiger partial charge in [-0.1, -0.05) is 12.8 Å². The predicted octanol–water partition coefficient (Wildman–Crippen LogP) is 1.25. The first kappa shape index (κ1) is 7.01. The summed E-state index contributed by atoms with van der Waals surface area (Å²) in [5.41, 5.74) is 0. The molecule has 0 aromatic carbocycles. The van der Waals surface area contributed by atoms with Gasteiger partial charge in [-0.25, -0.2) is 4.99 Å². The van der Waals surface area contributed by atoms with Gasteiger partial charge in [-0.3, -0.25) is 0 Å². The zero-order valence-electron chi connectivity index (χ0n) is 5.02. The highest BCUT2D eigenvalue weighted by molar-refractivity contribution is 5.47. The third-order valence-corrected chi connectivity index (χ3v) is 0.826. The zero-order valence-corrected chi connectivity index (χ0v) is 5.02. The van der Waals surface area contributed by atoms with Gasteiger partial charge in [0.1, 0.15) is 6.04 Å². The van der Waals surface area contributed by atoms with Gasteiger partial charge in [-0.2, -0.15) is 0 Å². The van der Waals surface area contributed by atoms with Crippen LogP contribution in [0.25, 0.3) is 0 Å². The summed E-state index contributed by atoms with van der Waals surface area (Å²) in [5, 5.41) is 0. The molecule has 0 bridgehead atoms. The highest BCUT2D eigenvalue weighted by Crippen LogP contribution is 1.91. The molecule has 0 aromatic rings. The number of hydrogen-bond donors (Lipinski definition) is 0. The normalized spacial score (nSPS) is 11.0. The average molecular weight is 107 g/mol. The second-order valence-corrected chi connectivity index (χ2v) is 1.38. The molecular weight excluding hydrogens is 98.1 g/mol. The van der Waals surface area contributed by atoms with Crippen molar-refractivity contribution in [2.75, 3.05) is 0 Å². The molecule has 0 N–H and O–H groups in total. The van der Waals surface area contributed by atoms with E-state index in [0.29, 0.717) is 0 Å². The minimum absolute atomic E-state index is 0.0208. The van der Waals surface area contributed by atoms with Crippen LogP contribution in [0.4, 0.5) is 0 Å². The largest absolute Gasteiger partial charge is 0.227 e. The number of aliphatic imine (C=N–C) groups is 1. The van der Waals surface area contributed by atoms with Crippen LogP contribution >= 0.6 is 0 Å². The summed E-state index contributed by atoms with van der Waals surface area (Å²) >= 11 is 0. The molecule has 0 saturated heterocycles. The fourth-order valence-corrected chi connectivity index (χ4v) is 0.357. The molecule has 0 rings (SSSR count). The lowest BCUT2D eigenvalue weighted by Gasteiger charge is -1.93. The third kappa shape index (κ3) is 2.23. The predicted molar refractivity (Wildman–Crippen MR) is 36.0 cm³/mol. The Balaban J connectivity index is 3.75. The summed E-state index contributed by atoms with van der Waals surface area (Å²) in [5.74, 6) is 4.89. The summed E-state index contributed by atoms with van der Waals surface area (Å²) in [6.07, 6.45) is 5.92. The van der Waals surface area contributed by atoms with Crippen LogP contribution in [-0.4, -0.2) is 11.9 Å². The van der Waals surface area contributed by atoms with E-state index in [1.54, 1.807) is 0 Å². The molecule has 0 radical (unpaired) electrons. The highest BCUT2D eigenvalue weighted by atomic mass is 14.7. The first-order valence-electron chi connectivity index (χ1n) is 2.53. The molecule has 0 aromatic heterocycles. The quantitative estimate of drug-likeness (QED) is 0.372. The van der Waals surface area contributed by atoms with Gasteiger partial charge in [0, 0.05) is 0 Å². The van der Waals surface area contributed by atoms with Crippen molar-refractivity contribution in [1.29, 1.82) is 0 Å². The van der Waals surface area contributed by atoms with Gasteiger partial charge < -0.3 is 0 Å². The van der Waals surface area contributed by atoms with E-state index in [1.807, 2.05) is 6.92 Å². The molecule has 1 unspecified atom stereocenters. The van der Waals surface area contributed by atoms with Crippen LogP contribution in [-0.2, 0) is 0 Å². The van der Waals surface area contributed by atoms with E-state index in [1.165, 1.54) is 0 Å². The van der Waals surface area contributed by atoms with Crippen LogP contribution in [0, 0.1) is 12.3 Å². The van der Waals surface area contributed by atoms with Gasteiger partial charge in [0.05, 0.1) is 0 Å². The van der Waals surface area contributed by atoms with Crippen molar-refractivity contribution in [3.8, 4) is 12.3 Å². The molecular formula is C7H9N. The standard InChI is InChI=1S/C7H9N/c1-4-7(5-2)8-6-3/h1,7H,3,5H2,2H3. The van der Waals surface area contributed by atoms with Crippen molar-refractivity contribution in [2.45, 2.75) is 19.4 Å². The Labute approximate surface area is 50.1 Å². The fourth-order valence-electron chi connectivity index (χ4n) is 0.357. The Morgan fingerprint density at radius 2 is 2.50 bits per heavy atom. The molecule has 0 fully saturated rings. The second kappa shape index (κ2) is 4.18. The highest BCUT2D eigenvalue weighted by Gasteiger charge is 1.91. The summed E-state index contributed by atoms with van der Waals surface area (Å²) < 4.78 is 0. The smallest absolute Gasteiger partial charge is 0.119 e. The zero-order chi connectivity index (χ0) is 6.41. The summed E-state index contributed by atoms with van der Waals surface area (Å²) in [6.45, 7) is 5.29. The number of terminal acetylenes is 1. The van der Waals surface area contributed by atoms with Crippen LogP contribution in [0.5, 0.6) is 0 Å². The SMILES string of the molecule is C#CC(CC)N=C=C. The molecule has 8 heavy (non-hydrogen) atoms. The van der Waals surface area contributed by atoms with Gasteiger partial charge in [-0.15, -0.1) is 6.42 Å².